The first-order valence-electron chi connectivity index (χ1n) is 7.03. The lowest BCUT2D eigenvalue weighted by Crippen LogP contribution is -2.22. The highest BCUT2D eigenvalue weighted by atomic mass is 32.2. The first-order chi connectivity index (χ1) is 10.3. The molecule has 4 nitrogen and oxygen atoms in total. The van der Waals surface area contributed by atoms with Gasteiger partial charge in [0.25, 0.3) is 5.22 Å². The van der Waals surface area contributed by atoms with Crippen molar-refractivity contribution in [3.63, 3.8) is 0 Å². The summed E-state index contributed by atoms with van der Waals surface area (Å²) in [6.07, 6.45) is 1.67. The highest BCUT2D eigenvalue weighted by molar-refractivity contribution is 7.99. The predicted molar refractivity (Wildman–Crippen MR) is 84.6 cm³/mol. The second-order valence-corrected chi connectivity index (χ2v) is 5.83. The fourth-order valence-electron chi connectivity index (χ4n) is 2.22. The van der Waals surface area contributed by atoms with Crippen molar-refractivity contribution in [2.24, 2.45) is 0 Å². The molecule has 0 fully saturated rings. The molecule has 0 bridgehead atoms. The first-order valence-corrected chi connectivity index (χ1v) is 8.01. The minimum absolute atomic E-state index is 0.139. The summed E-state index contributed by atoms with van der Waals surface area (Å²) in [5.41, 5.74) is 1.83. The molecule has 2 heterocycles. The molecule has 3 aromatic rings. The summed E-state index contributed by atoms with van der Waals surface area (Å²) in [4.78, 5) is 4.32. The van der Waals surface area contributed by atoms with E-state index >= 15 is 0 Å². The first kappa shape index (κ1) is 14.2. The highest BCUT2D eigenvalue weighted by Gasteiger charge is 2.17. The lowest BCUT2D eigenvalue weighted by molar-refractivity contribution is 0.446. The molecule has 3 rings (SSSR count). The molecule has 1 aromatic carbocycles. The summed E-state index contributed by atoms with van der Waals surface area (Å²) in [5, 5.41) is 5.29. The van der Waals surface area contributed by atoms with Gasteiger partial charge in [-0.15, -0.1) is 0 Å². The third-order valence-corrected chi connectivity index (χ3v) is 4.14. The summed E-state index contributed by atoms with van der Waals surface area (Å²) in [6.45, 7) is 4.90. The number of furan rings is 1. The number of aromatic nitrogens is 1. The maximum atomic E-state index is 5.95. The second kappa shape index (κ2) is 6.37. The molecule has 0 aliphatic rings. The van der Waals surface area contributed by atoms with E-state index in [-0.39, 0.29) is 6.04 Å². The second-order valence-electron chi connectivity index (χ2n) is 4.86. The molecule has 0 aliphatic heterocycles. The number of nitrogens with zero attached hydrogens (tertiary/aromatic N) is 1. The number of thioether (sulfide) groups is 1. The topological polar surface area (TPSA) is 51.2 Å². The Labute approximate surface area is 127 Å². The van der Waals surface area contributed by atoms with Gasteiger partial charge in [0.2, 0.25) is 0 Å². The fraction of sp³-hybridized carbons (Fsp3) is 0.312. The van der Waals surface area contributed by atoms with E-state index in [1.54, 1.807) is 18.0 Å². The lowest BCUT2D eigenvalue weighted by Gasteiger charge is -2.13. The molecule has 21 heavy (non-hydrogen) atoms. The van der Waals surface area contributed by atoms with Crippen LogP contribution in [0.25, 0.3) is 11.0 Å². The van der Waals surface area contributed by atoms with Gasteiger partial charge in [0, 0.05) is 11.1 Å². The molecule has 1 unspecified atom stereocenters. The van der Waals surface area contributed by atoms with Crippen molar-refractivity contribution >= 4 is 22.7 Å². The van der Waals surface area contributed by atoms with E-state index in [1.165, 1.54) is 0 Å². The summed E-state index contributed by atoms with van der Waals surface area (Å²) < 4.78 is 11.3. The van der Waals surface area contributed by atoms with Crippen molar-refractivity contribution in [3.05, 3.63) is 48.0 Å². The van der Waals surface area contributed by atoms with E-state index in [1.807, 2.05) is 25.1 Å². The Morgan fingerprint density at radius 2 is 2.19 bits per heavy atom. The molecule has 0 radical (unpaired) electrons. The van der Waals surface area contributed by atoms with Crippen molar-refractivity contribution in [3.8, 4) is 0 Å². The Morgan fingerprint density at radius 3 is 2.90 bits per heavy atom. The van der Waals surface area contributed by atoms with Crippen molar-refractivity contribution in [2.45, 2.75) is 25.1 Å². The van der Waals surface area contributed by atoms with Gasteiger partial charge in [0.1, 0.15) is 17.6 Å². The van der Waals surface area contributed by atoms with E-state index in [2.05, 4.69) is 29.4 Å². The van der Waals surface area contributed by atoms with Crippen LogP contribution in [0.1, 0.15) is 24.4 Å². The molecule has 0 saturated carbocycles. The van der Waals surface area contributed by atoms with Crippen molar-refractivity contribution < 1.29 is 8.83 Å². The third kappa shape index (κ3) is 3.31. The number of hydrogen-bond acceptors (Lipinski definition) is 5. The standard InChI is InChI=1S/C16H18N2O2S/c1-3-17-13(10-21-16-18-11(2)9-19-16)15-8-12-6-4-5-7-14(12)20-15/h4-9,13,17H,3,10H2,1-2H3. The average molecular weight is 302 g/mol. The summed E-state index contributed by atoms with van der Waals surface area (Å²) >= 11 is 1.59. The van der Waals surface area contributed by atoms with E-state index in [4.69, 9.17) is 8.83 Å². The van der Waals surface area contributed by atoms with Gasteiger partial charge in [-0.2, -0.15) is 0 Å². The van der Waals surface area contributed by atoms with Crippen molar-refractivity contribution in [2.75, 3.05) is 12.3 Å². The van der Waals surface area contributed by atoms with E-state index in [9.17, 15) is 0 Å². The molecule has 0 aliphatic carbocycles. The van der Waals surface area contributed by atoms with Gasteiger partial charge < -0.3 is 14.2 Å². The third-order valence-electron chi connectivity index (χ3n) is 3.21. The van der Waals surface area contributed by atoms with Gasteiger partial charge in [-0.1, -0.05) is 36.9 Å². The van der Waals surface area contributed by atoms with Crippen LogP contribution in [0, 0.1) is 6.92 Å². The maximum Gasteiger partial charge on any atom is 0.255 e. The van der Waals surface area contributed by atoms with Crippen LogP contribution in [0.2, 0.25) is 0 Å². The Bertz CT molecular complexity index is 687. The number of rotatable bonds is 6. The van der Waals surface area contributed by atoms with Gasteiger partial charge >= 0.3 is 0 Å². The van der Waals surface area contributed by atoms with Crippen LogP contribution < -0.4 is 5.32 Å². The van der Waals surface area contributed by atoms with Gasteiger partial charge in [0.15, 0.2) is 0 Å². The van der Waals surface area contributed by atoms with Crippen molar-refractivity contribution in [1.29, 1.82) is 0 Å². The number of nitrogens with one attached hydrogen (secondary N) is 1. The van der Waals surface area contributed by atoms with Crippen LogP contribution in [0.4, 0.5) is 0 Å². The maximum absolute atomic E-state index is 5.95. The summed E-state index contributed by atoms with van der Waals surface area (Å²) in [7, 11) is 0. The van der Waals surface area contributed by atoms with E-state index < -0.39 is 0 Å². The zero-order valence-corrected chi connectivity index (χ0v) is 12.9. The number of aryl methyl sites for hydroxylation is 1. The van der Waals surface area contributed by atoms with Crippen LogP contribution in [-0.2, 0) is 0 Å². The molecule has 1 N–H and O–H groups in total. The van der Waals surface area contributed by atoms with Crippen LogP contribution >= 0.6 is 11.8 Å². The van der Waals surface area contributed by atoms with E-state index in [0.717, 1.165) is 34.7 Å². The molecular weight excluding hydrogens is 284 g/mol. The average Bonchev–Trinajstić information content (AvgIpc) is 3.09. The SMILES string of the molecule is CCNC(CSc1nc(C)co1)c1cc2ccccc2o1. The smallest absolute Gasteiger partial charge is 0.255 e. The molecule has 0 amide bonds. The Balaban J connectivity index is 1.76. The van der Waals surface area contributed by atoms with Gasteiger partial charge in [0.05, 0.1) is 11.7 Å². The molecule has 110 valence electrons. The van der Waals surface area contributed by atoms with Crippen LogP contribution in [-0.4, -0.2) is 17.3 Å². The monoisotopic (exact) mass is 302 g/mol. The number of fused-ring (bicyclic) bond motifs is 1. The number of para-hydroxylation sites is 1. The minimum atomic E-state index is 0.139. The number of oxazole rings is 1. The van der Waals surface area contributed by atoms with E-state index in [0.29, 0.717) is 5.22 Å². The minimum Gasteiger partial charge on any atom is -0.459 e. The molecule has 0 saturated heterocycles. The zero-order valence-electron chi connectivity index (χ0n) is 12.1. The molecule has 5 heteroatoms. The van der Waals surface area contributed by atoms with Gasteiger partial charge in [-0.05, 0) is 25.6 Å². The molecular formula is C16H18N2O2S. The number of benzene rings is 1. The van der Waals surface area contributed by atoms with Crippen LogP contribution in [0.15, 0.2) is 50.7 Å². The Kier molecular flexibility index (Phi) is 4.31. The predicted octanol–water partition coefficient (Wildman–Crippen LogP) is 4.17. The van der Waals surface area contributed by atoms with Gasteiger partial charge in [-0.3, -0.25) is 0 Å². The molecule has 1 atom stereocenters. The molecule has 0 spiro atoms. The zero-order chi connectivity index (χ0) is 14.7. The number of hydrogen-bond donors (Lipinski definition) is 1. The molecule has 2 aromatic heterocycles. The van der Waals surface area contributed by atoms with Crippen molar-refractivity contribution in [1.82, 2.24) is 10.3 Å². The van der Waals surface area contributed by atoms with Crippen LogP contribution in [0.3, 0.4) is 0 Å². The fourth-order valence-corrected chi connectivity index (χ4v) is 3.13. The Hall–Kier alpha value is -1.72. The lowest BCUT2D eigenvalue weighted by atomic mass is 10.2. The highest BCUT2D eigenvalue weighted by Crippen LogP contribution is 2.28. The van der Waals surface area contributed by atoms with Crippen LogP contribution in [0.5, 0.6) is 0 Å². The largest absolute Gasteiger partial charge is 0.459 e. The quantitative estimate of drug-likeness (QED) is 0.692. The summed E-state index contributed by atoms with van der Waals surface area (Å²) in [6, 6.07) is 10.3. The normalized spacial score (nSPS) is 12.9. The Morgan fingerprint density at radius 1 is 1.33 bits per heavy atom. The van der Waals surface area contributed by atoms with Gasteiger partial charge in [-0.25, -0.2) is 4.98 Å². The summed E-state index contributed by atoms with van der Waals surface area (Å²) in [5.74, 6) is 1.77.